The Morgan fingerprint density at radius 3 is 2.89 bits per heavy atom. The summed E-state index contributed by atoms with van der Waals surface area (Å²) in [4.78, 5) is 4.39. The number of nitrogens with zero attached hydrogens (tertiary/aromatic N) is 2. The number of hydrogen-bond donors (Lipinski definition) is 1. The zero-order valence-electron chi connectivity index (χ0n) is 11.8. The summed E-state index contributed by atoms with van der Waals surface area (Å²) in [5.74, 6) is 0. The number of rotatable bonds is 11. The summed E-state index contributed by atoms with van der Waals surface area (Å²) in [5, 5.41) is 3.30. The molecule has 0 aliphatic heterocycles. The molecule has 1 rings (SSSR count). The third-order valence-corrected chi connectivity index (χ3v) is 3.00. The highest BCUT2D eigenvalue weighted by atomic mass is 16.5. The number of ether oxygens (including phenoxy) is 1. The molecule has 0 aliphatic rings. The van der Waals surface area contributed by atoms with Crippen LogP contribution in [0.1, 0.15) is 44.7 Å². The molecule has 4 nitrogen and oxygen atoms in total. The molecule has 0 saturated heterocycles. The first kappa shape index (κ1) is 15.2. The van der Waals surface area contributed by atoms with E-state index < -0.39 is 0 Å². The maximum absolute atomic E-state index is 4.98. The van der Waals surface area contributed by atoms with Crippen LogP contribution in [0.25, 0.3) is 0 Å². The number of methoxy groups -OCH3 is 1. The maximum Gasteiger partial charge on any atom is 0.0949 e. The van der Waals surface area contributed by atoms with Crippen LogP contribution in [0.15, 0.2) is 12.5 Å². The topological polar surface area (TPSA) is 39.1 Å². The second-order valence-electron chi connectivity index (χ2n) is 4.69. The highest BCUT2D eigenvalue weighted by Gasteiger charge is 1.98. The Kier molecular flexibility index (Phi) is 8.51. The van der Waals surface area contributed by atoms with E-state index in [1.165, 1.54) is 32.1 Å². The van der Waals surface area contributed by atoms with Crippen LogP contribution in [0.4, 0.5) is 0 Å². The van der Waals surface area contributed by atoms with E-state index in [1.807, 2.05) is 6.33 Å². The van der Waals surface area contributed by atoms with Gasteiger partial charge < -0.3 is 14.6 Å². The van der Waals surface area contributed by atoms with Crippen molar-refractivity contribution in [3.05, 3.63) is 18.2 Å². The van der Waals surface area contributed by atoms with Crippen molar-refractivity contribution in [3.63, 3.8) is 0 Å². The number of unbranched alkanes of at least 4 members (excludes halogenated alkanes) is 4. The quantitative estimate of drug-likeness (QED) is 0.616. The minimum absolute atomic E-state index is 0.748. The molecule has 1 heterocycles. The van der Waals surface area contributed by atoms with Gasteiger partial charge in [-0.15, -0.1) is 0 Å². The van der Waals surface area contributed by atoms with Crippen LogP contribution < -0.4 is 5.32 Å². The SMILES string of the molecule is CCCCCCCn1cnc(CNCCOC)c1. The fraction of sp³-hybridized carbons (Fsp3) is 0.786. The van der Waals surface area contributed by atoms with Gasteiger partial charge in [-0.2, -0.15) is 0 Å². The predicted octanol–water partition coefficient (Wildman–Crippen LogP) is 2.59. The van der Waals surface area contributed by atoms with Crippen molar-refractivity contribution >= 4 is 0 Å². The Balaban J connectivity index is 2.10. The Morgan fingerprint density at radius 2 is 2.11 bits per heavy atom. The third kappa shape index (κ3) is 6.77. The minimum Gasteiger partial charge on any atom is -0.383 e. The number of imidazole rings is 1. The normalized spacial score (nSPS) is 11.0. The van der Waals surface area contributed by atoms with Crippen molar-refractivity contribution in [1.82, 2.24) is 14.9 Å². The van der Waals surface area contributed by atoms with Crippen molar-refractivity contribution in [2.45, 2.75) is 52.1 Å². The predicted molar refractivity (Wildman–Crippen MR) is 74.6 cm³/mol. The molecule has 1 N–H and O–H groups in total. The van der Waals surface area contributed by atoms with Crippen LogP contribution in [0, 0.1) is 0 Å². The van der Waals surface area contributed by atoms with E-state index in [4.69, 9.17) is 4.74 Å². The van der Waals surface area contributed by atoms with Gasteiger partial charge in [0.15, 0.2) is 0 Å². The first-order chi connectivity index (χ1) is 8.86. The molecule has 0 unspecified atom stereocenters. The molecule has 18 heavy (non-hydrogen) atoms. The van der Waals surface area contributed by atoms with Gasteiger partial charge in [-0.1, -0.05) is 32.6 Å². The standard InChI is InChI=1S/C14H27N3O/c1-3-4-5-6-7-9-17-12-14(16-13-17)11-15-8-10-18-2/h12-13,15H,3-11H2,1-2H3. The average Bonchev–Trinajstić information content (AvgIpc) is 2.82. The van der Waals surface area contributed by atoms with Crippen molar-refractivity contribution in [2.24, 2.45) is 0 Å². The van der Waals surface area contributed by atoms with Crippen molar-refractivity contribution < 1.29 is 4.74 Å². The first-order valence-corrected chi connectivity index (χ1v) is 7.07. The van der Waals surface area contributed by atoms with Gasteiger partial charge in [-0.25, -0.2) is 4.98 Å². The Labute approximate surface area is 111 Å². The molecule has 0 atom stereocenters. The lowest BCUT2D eigenvalue weighted by Gasteiger charge is -2.02. The second-order valence-corrected chi connectivity index (χ2v) is 4.69. The summed E-state index contributed by atoms with van der Waals surface area (Å²) in [6.45, 7) is 5.79. The zero-order valence-corrected chi connectivity index (χ0v) is 11.8. The van der Waals surface area contributed by atoms with Crippen LogP contribution in [-0.4, -0.2) is 29.8 Å². The molecular weight excluding hydrogens is 226 g/mol. The molecule has 0 spiro atoms. The summed E-state index contributed by atoms with van der Waals surface area (Å²) < 4.78 is 7.18. The highest BCUT2D eigenvalue weighted by molar-refractivity contribution is 4.95. The molecule has 4 heteroatoms. The lowest BCUT2D eigenvalue weighted by molar-refractivity contribution is 0.199. The largest absolute Gasteiger partial charge is 0.383 e. The van der Waals surface area contributed by atoms with Gasteiger partial charge in [-0.05, 0) is 6.42 Å². The van der Waals surface area contributed by atoms with E-state index in [0.717, 1.165) is 31.9 Å². The van der Waals surface area contributed by atoms with E-state index in [-0.39, 0.29) is 0 Å². The summed E-state index contributed by atoms with van der Waals surface area (Å²) in [5.41, 5.74) is 1.11. The van der Waals surface area contributed by atoms with E-state index in [1.54, 1.807) is 7.11 Å². The van der Waals surface area contributed by atoms with Gasteiger partial charge in [0.05, 0.1) is 18.6 Å². The molecule has 0 aliphatic carbocycles. The zero-order chi connectivity index (χ0) is 13.1. The summed E-state index contributed by atoms with van der Waals surface area (Å²) in [6, 6.07) is 0. The minimum atomic E-state index is 0.748. The van der Waals surface area contributed by atoms with Crippen LogP contribution in [0.3, 0.4) is 0 Å². The molecular formula is C14H27N3O. The van der Waals surface area contributed by atoms with E-state index in [9.17, 15) is 0 Å². The first-order valence-electron chi connectivity index (χ1n) is 7.07. The molecule has 0 radical (unpaired) electrons. The smallest absolute Gasteiger partial charge is 0.0949 e. The fourth-order valence-electron chi connectivity index (χ4n) is 1.91. The second kappa shape index (κ2) is 10.1. The van der Waals surface area contributed by atoms with Gasteiger partial charge in [0.2, 0.25) is 0 Å². The molecule has 1 aromatic rings. The van der Waals surface area contributed by atoms with Crippen molar-refractivity contribution in [1.29, 1.82) is 0 Å². The summed E-state index contributed by atoms with van der Waals surface area (Å²) in [6.07, 6.45) is 10.7. The molecule has 0 saturated carbocycles. The Hall–Kier alpha value is -0.870. The Bertz CT molecular complexity index is 299. The molecule has 0 bridgehead atoms. The highest BCUT2D eigenvalue weighted by Crippen LogP contribution is 2.05. The molecule has 0 aromatic carbocycles. The number of hydrogen-bond acceptors (Lipinski definition) is 3. The Morgan fingerprint density at radius 1 is 1.28 bits per heavy atom. The van der Waals surface area contributed by atoms with Crippen LogP contribution in [0.2, 0.25) is 0 Å². The molecule has 0 amide bonds. The van der Waals surface area contributed by atoms with Gasteiger partial charge in [0.1, 0.15) is 0 Å². The van der Waals surface area contributed by atoms with Crippen LogP contribution in [-0.2, 0) is 17.8 Å². The van der Waals surface area contributed by atoms with Crippen LogP contribution in [0.5, 0.6) is 0 Å². The van der Waals surface area contributed by atoms with Gasteiger partial charge in [-0.3, -0.25) is 0 Å². The summed E-state index contributed by atoms with van der Waals surface area (Å²) >= 11 is 0. The number of nitrogens with one attached hydrogen (secondary N) is 1. The monoisotopic (exact) mass is 253 g/mol. The van der Waals surface area contributed by atoms with Gasteiger partial charge in [0, 0.05) is 32.9 Å². The maximum atomic E-state index is 4.98. The number of aryl methyl sites for hydroxylation is 1. The molecule has 1 aromatic heterocycles. The van der Waals surface area contributed by atoms with Crippen molar-refractivity contribution in [2.75, 3.05) is 20.3 Å². The average molecular weight is 253 g/mol. The molecule has 104 valence electrons. The molecule has 0 fully saturated rings. The lowest BCUT2D eigenvalue weighted by Crippen LogP contribution is -2.18. The van der Waals surface area contributed by atoms with E-state index in [2.05, 4.69) is 28.0 Å². The van der Waals surface area contributed by atoms with E-state index in [0.29, 0.717) is 0 Å². The summed E-state index contributed by atoms with van der Waals surface area (Å²) in [7, 11) is 1.72. The van der Waals surface area contributed by atoms with Gasteiger partial charge >= 0.3 is 0 Å². The number of aromatic nitrogens is 2. The van der Waals surface area contributed by atoms with Crippen LogP contribution >= 0.6 is 0 Å². The van der Waals surface area contributed by atoms with E-state index >= 15 is 0 Å². The lowest BCUT2D eigenvalue weighted by atomic mass is 10.1. The van der Waals surface area contributed by atoms with Crippen molar-refractivity contribution in [3.8, 4) is 0 Å². The third-order valence-electron chi connectivity index (χ3n) is 3.00. The van der Waals surface area contributed by atoms with Gasteiger partial charge in [0.25, 0.3) is 0 Å². The fourth-order valence-corrected chi connectivity index (χ4v) is 1.91.